The first-order valence-electron chi connectivity index (χ1n) is 14.6. The summed E-state index contributed by atoms with van der Waals surface area (Å²) >= 11 is 0. The van der Waals surface area contributed by atoms with Gasteiger partial charge < -0.3 is 15.6 Å². The van der Waals surface area contributed by atoms with Crippen molar-refractivity contribution in [2.75, 3.05) is 0 Å². The molecule has 1 atom stereocenters. The van der Waals surface area contributed by atoms with Gasteiger partial charge in [-0.3, -0.25) is 14.6 Å². The SMILES string of the molecule is CC(C)Cc1nc2c(c(-c3ccc4c(ccn4Cc4ccc(C#N)c(F)c4)c3)c1C(N)=O)C(=O)NC2C.Cc1ccc(F)cc1. The Morgan fingerprint density at radius 3 is 2.42 bits per heavy atom. The number of pyridine rings is 1. The highest BCUT2D eigenvalue weighted by Crippen LogP contribution is 2.38. The molecule has 9 heteroatoms. The Morgan fingerprint density at radius 2 is 1.80 bits per heavy atom. The van der Waals surface area contributed by atoms with Crippen LogP contribution in [0, 0.1) is 35.8 Å². The molecule has 3 N–H and O–H groups in total. The van der Waals surface area contributed by atoms with E-state index in [1.165, 1.54) is 24.3 Å². The number of nitrogens with one attached hydrogen (secondary N) is 1. The van der Waals surface area contributed by atoms with Gasteiger partial charge in [0.05, 0.1) is 34.1 Å². The van der Waals surface area contributed by atoms with Gasteiger partial charge in [0.1, 0.15) is 17.7 Å². The molecule has 0 saturated carbocycles. The number of nitrogens with zero attached hydrogens (tertiary/aromatic N) is 3. The molecule has 0 bridgehead atoms. The predicted octanol–water partition coefficient (Wildman–Crippen LogP) is 7.00. The second-order valence-corrected chi connectivity index (χ2v) is 11.7. The number of rotatable bonds is 6. The van der Waals surface area contributed by atoms with E-state index in [4.69, 9.17) is 16.0 Å². The highest BCUT2D eigenvalue weighted by Gasteiger charge is 2.35. The molecule has 0 spiro atoms. The van der Waals surface area contributed by atoms with E-state index in [-0.39, 0.29) is 34.8 Å². The summed E-state index contributed by atoms with van der Waals surface area (Å²) in [6.45, 7) is 8.31. The van der Waals surface area contributed by atoms with Gasteiger partial charge in [0, 0.05) is 29.2 Å². The van der Waals surface area contributed by atoms with Crippen molar-refractivity contribution in [2.45, 2.75) is 46.7 Å². The van der Waals surface area contributed by atoms with Crippen LogP contribution in [0.3, 0.4) is 0 Å². The maximum absolute atomic E-state index is 14.1. The lowest BCUT2D eigenvalue weighted by Gasteiger charge is -2.18. The average Bonchev–Trinajstić information content (AvgIpc) is 3.52. The van der Waals surface area contributed by atoms with Crippen molar-refractivity contribution in [1.82, 2.24) is 14.9 Å². The fourth-order valence-corrected chi connectivity index (χ4v) is 5.59. The third-order valence-corrected chi connectivity index (χ3v) is 7.71. The van der Waals surface area contributed by atoms with Gasteiger partial charge in [-0.25, -0.2) is 8.78 Å². The zero-order chi connectivity index (χ0) is 32.4. The maximum Gasteiger partial charge on any atom is 0.254 e. The molecule has 1 aliphatic rings. The molecule has 0 saturated heterocycles. The van der Waals surface area contributed by atoms with Gasteiger partial charge in [0.25, 0.3) is 11.8 Å². The average molecular weight is 606 g/mol. The Bertz CT molecular complexity index is 1950. The molecule has 5 aromatic rings. The Kier molecular flexibility index (Phi) is 8.77. The van der Waals surface area contributed by atoms with Crippen LogP contribution in [0.4, 0.5) is 8.78 Å². The van der Waals surface area contributed by atoms with Crippen LogP contribution in [0.5, 0.6) is 0 Å². The standard InChI is InChI=1S/C29H26FN5O2.C7H7F/c1-15(2)10-22-25(28(32)36)24(26-27(34-22)16(3)33-29(26)37)19-6-7-23-18(12-19)8-9-35(23)14-17-4-5-20(13-31)21(30)11-17;1-6-2-4-7(8)5-3-6/h4-9,11-12,15-16H,10,14H2,1-3H3,(H2,32,36)(H,33,37);2-5H,1H3. The maximum atomic E-state index is 14.1. The summed E-state index contributed by atoms with van der Waals surface area (Å²) in [5.41, 5.74) is 11.7. The number of hydrogen-bond donors (Lipinski definition) is 2. The number of primary amides is 1. The van der Waals surface area contributed by atoms with Gasteiger partial charge in [-0.15, -0.1) is 0 Å². The van der Waals surface area contributed by atoms with E-state index >= 15 is 0 Å². The lowest BCUT2D eigenvalue weighted by molar-refractivity contribution is 0.0958. The lowest BCUT2D eigenvalue weighted by Crippen LogP contribution is -2.20. The van der Waals surface area contributed by atoms with Gasteiger partial charge >= 0.3 is 0 Å². The normalized spacial score (nSPS) is 13.6. The summed E-state index contributed by atoms with van der Waals surface area (Å²) in [6, 6.07) is 20.2. The number of nitrogens with two attached hydrogens (primary N) is 1. The van der Waals surface area contributed by atoms with Gasteiger partial charge in [-0.05, 0) is 79.8 Å². The highest BCUT2D eigenvalue weighted by molar-refractivity contribution is 6.12. The fraction of sp³-hybridized carbons (Fsp3) is 0.222. The Morgan fingerprint density at radius 1 is 1.07 bits per heavy atom. The number of fused-ring (bicyclic) bond motifs is 2. The van der Waals surface area contributed by atoms with Crippen LogP contribution in [0.15, 0.2) is 72.9 Å². The minimum Gasteiger partial charge on any atom is -0.366 e. The summed E-state index contributed by atoms with van der Waals surface area (Å²) in [6.07, 6.45) is 2.45. The first-order chi connectivity index (χ1) is 21.5. The monoisotopic (exact) mass is 605 g/mol. The van der Waals surface area contributed by atoms with Crippen LogP contribution in [-0.2, 0) is 13.0 Å². The van der Waals surface area contributed by atoms with Crippen LogP contribution in [0.1, 0.15) is 75.6 Å². The van der Waals surface area contributed by atoms with Crippen molar-refractivity contribution < 1.29 is 18.4 Å². The van der Waals surface area contributed by atoms with E-state index in [1.807, 2.05) is 68.8 Å². The number of benzene rings is 3. The summed E-state index contributed by atoms with van der Waals surface area (Å²) in [4.78, 5) is 30.4. The van der Waals surface area contributed by atoms with E-state index in [0.717, 1.165) is 22.0 Å². The van der Waals surface area contributed by atoms with Gasteiger partial charge in [-0.1, -0.05) is 43.7 Å². The van der Waals surface area contributed by atoms with Crippen LogP contribution >= 0.6 is 0 Å². The summed E-state index contributed by atoms with van der Waals surface area (Å²) in [5.74, 6) is -1.37. The molecule has 2 aromatic heterocycles. The van der Waals surface area contributed by atoms with Crippen LogP contribution in [-0.4, -0.2) is 21.4 Å². The molecule has 2 amide bonds. The molecule has 45 heavy (non-hydrogen) atoms. The van der Waals surface area contributed by atoms with Gasteiger partial charge in [0.2, 0.25) is 0 Å². The predicted molar refractivity (Wildman–Crippen MR) is 169 cm³/mol. The molecule has 1 aliphatic heterocycles. The summed E-state index contributed by atoms with van der Waals surface area (Å²) < 4.78 is 28.2. The molecule has 0 radical (unpaired) electrons. The second-order valence-electron chi connectivity index (χ2n) is 11.7. The van der Waals surface area contributed by atoms with E-state index in [9.17, 15) is 18.4 Å². The molecule has 7 nitrogen and oxygen atoms in total. The van der Waals surface area contributed by atoms with Crippen molar-refractivity contribution in [3.8, 4) is 17.2 Å². The summed E-state index contributed by atoms with van der Waals surface area (Å²) in [7, 11) is 0. The number of amides is 2. The van der Waals surface area contributed by atoms with Gasteiger partial charge in [0.15, 0.2) is 0 Å². The number of carbonyl (C=O) groups is 2. The van der Waals surface area contributed by atoms with Crippen molar-refractivity contribution in [3.63, 3.8) is 0 Å². The molecule has 3 aromatic carbocycles. The minimum atomic E-state index is -0.617. The largest absolute Gasteiger partial charge is 0.366 e. The first kappa shape index (κ1) is 31.1. The highest BCUT2D eigenvalue weighted by atomic mass is 19.1. The van der Waals surface area contributed by atoms with E-state index in [1.54, 1.807) is 18.2 Å². The molecule has 6 rings (SSSR count). The topological polar surface area (TPSA) is 114 Å². The van der Waals surface area contributed by atoms with E-state index < -0.39 is 11.7 Å². The van der Waals surface area contributed by atoms with Crippen LogP contribution < -0.4 is 11.1 Å². The Hall–Kier alpha value is -5.36. The zero-order valence-electron chi connectivity index (χ0n) is 25.5. The molecule has 228 valence electrons. The number of hydrogen-bond acceptors (Lipinski definition) is 4. The van der Waals surface area contributed by atoms with Crippen LogP contribution in [0.2, 0.25) is 0 Å². The number of nitriles is 1. The quantitative estimate of drug-likeness (QED) is 0.217. The fourth-order valence-electron chi connectivity index (χ4n) is 5.59. The van der Waals surface area contributed by atoms with Crippen LogP contribution in [0.25, 0.3) is 22.0 Å². The first-order valence-corrected chi connectivity index (χ1v) is 14.6. The Labute approximate surface area is 260 Å². The molecular weight excluding hydrogens is 572 g/mol. The number of halogens is 2. The van der Waals surface area contributed by atoms with E-state index in [2.05, 4.69) is 5.32 Å². The summed E-state index contributed by atoms with van der Waals surface area (Å²) in [5, 5.41) is 12.8. The smallest absolute Gasteiger partial charge is 0.254 e. The van der Waals surface area contributed by atoms with Crippen molar-refractivity contribution in [1.29, 1.82) is 5.26 Å². The number of carbonyl (C=O) groups excluding carboxylic acids is 2. The molecule has 1 unspecified atom stereocenters. The van der Waals surface area contributed by atoms with E-state index in [0.29, 0.717) is 41.0 Å². The second kappa shape index (κ2) is 12.7. The lowest BCUT2D eigenvalue weighted by atomic mass is 9.89. The van der Waals surface area contributed by atoms with Crippen molar-refractivity contribution in [2.24, 2.45) is 11.7 Å². The molecule has 3 heterocycles. The van der Waals surface area contributed by atoms with Gasteiger partial charge in [-0.2, -0.15) is 5.26 Å². The molecule has 0 fully saturated rings. The molecular formula is C36H33F2N5O2. The number of aromatic nitrogens is 2. The van der Waals surface area contributed by atoms with Crippen molar-refractivity contribution in [3.05, 3.63) is 124 Å². The molecule has 0 aliphatic carbocycles. The zero-order valence-corrected chi connectivity index (χ0v) is 25.5. The minimum absolute atomic E-state index is 0.0103. The Balaban J connectivity index is 0.000000436. The third-order valence-electron chi connectivity index (χ3n) is 7.71. The third kappa shape index (κ3) is 6.46. The number of aryl methyl sites for hydroxylation is 1. The van der Waals surface area contributed by atoms with Crippen molar-refractivity contribution >= 4 is 22.7 Å².